The number of nitrogens with one attached hydrogen (secondary N) is 1. The maximum Gasteiger partial charge on any atom is 0.472 e. The summed E-state index contributed by atoms with van der Waals surface area (Å²) in [5.74, 6) is 0. The summed E-state index contributed by atoms with van der Waals surface area (Å²) >= 11 is 0. The Labute approximate surface area is 134 Å². The largest absolute Gasteiger partial charge is 0.472 e. The van der Waals surface area contributed by atoms with Gasteiger partial charge in [-0.05, 0) is 0 Å². The lowest BCUT2D eigenvalue weighted by Gasteiger charge is -2.16. The highest BCUT2D eigenvalue weighted by Crippen LogP contribution is 2.43. The predicted octanol–water partition coefficient (Wildman–Crippen LogP) is -1.50. The average Bonchev–Trinajstić information content (AvgIpc) is 3.10. The lowest BCUT2D eigenvalue weighted by Crippen LogP contribution is -2.33. The van der Waals surface area contributed by atoms with Crippen molar-refractivity contribution in [3.05, 3.63) is 23.0 Å². The van der Waals surface area contributed by atoms with E-state index in [9.17, 15) is 24.5 Å². The van der Waals surface area contributed by atoms with Crippen molar-refractivity contribution >= 4 is 19.0 Å². The Balaban J connectivity index is 1.83. The van der Waals surface area contributed by atoms with Crippen molar-refractivity contribution in [2.45, 2.75) is 24.5 Å². The molecule has 2 aromatic heterocycles. The van der Waals surface area contributed by atoms with E-state index in [1.165, 1.54) is 17.2 Å². The summed E-state index contributed by atoms with van der Waals surface area (Å²) < 4.78 is 27.0. The first-order valence-corrected chi connectivity index (χ1v) is 8.28. The van der Waals surface area contributed by atoms with Crippen LogP contribution in [-0.4, -0.2) is 66.7 Å². The van der Waals surface area contributed by atoms with Gasteiger partial charge in [0, 0.05) is 7.11 Å². The normalized spacial score (nSPS) is 29.8. The van der Waals surface area contributed by atoms with E-state index < -0.39 is 44.5 Å². The number of H-pyrrole nitrogens is 1. The highest BCUT2D eigenvalue weighted by Gasteiger charge is 2.45. The molecule has 132 valence electrons. The second-order valence-electron chi connectivity index (χ2n) is 5.05. The monoisotopic (exact) mass is 362 g/mol. The minimum atomic E-state index is -4.25. The molecule has 24 heavy (non-hydrogen) atoms. The second kappa shape index (κ2) is 6.33. The molecule has 4 N–H and O–H groups in total. The molecule has 3 heterocycles. The summed E-state index contributed by atoms with van der Waals surface area (Å²) in [5.41, 5.74) is -0.268. The summed E-state index contributed by atoms with van der Waals surface area (Å²) in [5, 5.41) is 20.2. The number of aromatic amines is 1. The van der Waals surface area contributed by atoms with Crippen LogP contribution in [-0.2, 0) is 18.3 Å². The van der Waals surface area contributed by atoms with Crippen LogP contribution in [0.4, 0.5) is 0 Å². The van der Waals surface area contributed by atoms with Crippen molar-refractivity contribution < 1.29 is 33.5 Å². The van der Waals surface area contributed by atoms with Crippen LogP contribution < -0.4 is 5.56 Å². The number of phosphoric ester groups is 1. The highest BCUT2D eigenvalue weighted by molar-refractivity contribution is 7.47. The van der Waals surface area contributed by atoms with Gasteiger partial charge in [-0.2, -0.15) is 0 Å². The molecular weight excluding hydrogens is 347 g/mol. The van der Waals surface area contributed by atoms with Gasteiger partial charge in [0.2, 0.25) is 0 Å². The van der Waals surface area contributed by atoms with Gasteiger partial charge in [0.1, 0.15) is 18.3 Å². The van der Waals surface area contributed by atoms with Crippen LogP contribution in [0.2, 0.25) is 0 Å². The zero-order valence-corrected chi connectivity index (χ0v) is 13.2. The molecule has 0 bridgehead atoms. The number of aliphatic hydroxyl groups excluding tert-OH is 2. The Morgan fingerprint density at radius 1 is 1.42 bits per heavy atom. The lowest BCUT2D eigenvalue weighted by atomic mass is 10.1. The first-order chi connectivity index (χ1) is 11.3. The molecule has 1 aliphatic heterocycles. The molecule has 3 rings (SSSR count). The predicted molar refractivity (Wildman–Crippen MR) is 76.9 cm³/mol. The minimum absolute atomic E-state index is 0.0433. The molecule has 1 aliphatic rings. The number of imidazole rings is 1. The number of hydrogen-bond acceptors (Lipinski definition) is 9. The van der Waals surface area contributed by atoms with Crippen molar-refractivity contribution in [3.63, 3.8) is 0 Å². The van der Waals surface area contributed by atoms with Crippen LogP contribution in [0.15, 0.2) is 17.4 Å². The first-order valence-electron chi connectivity index (χ1n) is 6.79. The van der Waals surface area contributed by atoms with Crippen molar-refractivity contribution in [1.82, 2.24) is 19.5 Å². The lowest BCUT2D eigenvalue weighted by molar-refractivity contribution is -0.0509. The summed E-state index contributed by atoms with van der Waals surface area (Å²) in [6, 6.07) is 0. The van der Waals surface area contributed by atoms with Crippen LogP contribution in [0.25, 0.3) is 11.2 Å². The topological polar surface area (TPSA) is 169 Å². The zero-order chi connectivity index (χ0) is 17.5. The van der Waals surface area contributed by atoms with Crippen molar-refractivity contribution in [3.8, 4) is 0 Å². The third-order valence-corrected chi connectivity index (χ3v) is 4.55. The maximum absolute atomic E-state index is 11.6. The van der Waals surface area contributed by atoms with Crippen LogP contribution in [0.5, 0.6) is 0 Å². The summed E-state index contributed by atoms with van der Waals surface area (Å²) in [4.78, 5) is 31.1. The van der Waals surface area contributed by atoms with Crippen LogP contribution in [0.3, 0.4) is 0 Å². The fourth-order valence-electron chi connectivity index (χ4n) is 2.37. The van der Waals surface area contributed by atoms with Crippen molar-refractivity contribution in [1.29, 1.82) is 0 Å². The summed E-state index contributed by atoms with van der Waals surface area (Å²) in [7, 11) is -3.26. The highest BCUT2D eigenvalue weighted by atomic mass is 31.2. The molecule has 1 saturated heterocycles. The number of fused-ring (bicyclic) bond motifs is 1. The Kier molecular flexibility index (Phi) is 4.53. The number of nitrogens with zero attached hydrogens (tertiary/aromatic N) is 3. The molecule has 2 unspecified atom stereocenters. The van der Waals surface area contributed by atoms with Gasteiger partial charge in [0.15, 0.2) is 17.4 Å². The number of phosphoric acid groups is 1. The average molecular weight is 362 g/mol. The van der Waals surface area contributed by atoms with Gasteiger partial charge in [0.05, 0.1) is 19.3 Å². The van der Waals surface area contributed by atoms with Gasteiger partial charge in [0.25, 0.3) is 5.56 Å². The van der Waals surface area contributed by atoms with Gasteiger partial charge >= 0.3 is 7.82 Å². The molecule has 2 aromatic rings. The number of aromatic nitrogens is 4. The molecular formula is C11H15N4O8P. The van der Waals surface area contributed by atoms with Crippen LogP contribution in [0, 0.1) is 0 Å². The molecule has 0 spiro atoms. The molecule has 0 aliphatic carbocycles. The fourth-order valence-corrected chi connectivity index (χ4v) is 2.81. The van der Waals surface area contributed by atoms with Crippen LogP contribution in [0.1, 0.15) is 6.23 Å². The molecule has 0 radical (unpaired) electrons. The van der Waals surface area contributed by atoms with Gasteiger partial charge in [-0.3, -0.25) is 18.4 Å². The Morgan fingerprint density at radius 2 is 2.17 bits per heavy atom. The Hall–Kier alpha value is -1.66. The van der Waals surface area contributed by atoms with Gasteiger partial charge in [-0.1, -0.05) is 0 Å². The van der Waals surface area contributed by atoms with Gasteiger partial charge in [-0.15, -0.1) is 0 Å². The Morgan fingerprint density at radius 3 is 2.88 bits per heavy atom. The van der Waals surface area contributed by atoms with Crippen molar-refractivity contribution in [2.75, 3.05) is 13.7 Å². The van der Waals surface area contributed by atoms with Crippen molar-refractivity contribution in [2.24, 2.45) is 0 Å². The Bertz CT molecular complexity index is 837. The third kappa shape index (κ3) is 3.00. The fraction of sp³-hybridized carbons (Fsp3) is 0.545. The third-order valence-electron chi connectivity index (χ3n) is 3.61. The van der Waals surface area contributed by atoms with E-state index in [2.05, 4.69) is 24.0 Å². The quantitative estimate of drug-likeness (QED) is 0.459. The molecule has 0 amide bonds. The van der Waals surface area contributed by atoms with E-state index >= 15 is 0 Å². The van der Waals surface area contributed by atoms with E-state index in [1.54, 1.807) is 0 Å². The van der Waals surface area contributed by atoms with E-state index in [0.29, 0.717) is 0 Å². The molecule has 5 atom stereocenters. The molecule has 0 saturated carbocycles. The van der Waals surface area contributed by atoms with E-state index in [0.717, 1.165) is 7.11 Å². The second-order valence-corrected chi connectivity index (χ2v) is 6.61. The zero-order valence-electron chi connectivity index (χ0n) is 12.3. The summed E-state index contributed by atoms with van der Waals surface area (Å²) in [6.07, 6.45) is -2.58. The first kappa shape index (κ1) is 17.2. The SMILES string of the molecule is COP(=O)(O)OC[C@H]1OC(n2cnc3c(=O)[nH]cnc32)[C@H](O)[C@@H]1O. The van der Waals surface area contributed by atoms with Gasteiger partial charge < -0.3 is 24.8 Å². The number of hydrogen-bond donors (Lipinski definition) is 4. The minimum Gasteiger partial charge on any atom is -0.387 e. The number of ether oxygens (including phenoxy) is 1. The van der Waals surface area contributed by atoms with E-state index in [-0.39, 0.29) is 11.2 Å². The van der Waals surface area contributed by atoms with E-state index in [1.807, 2.05) is 0 Å². The van der Waals surface area contributed by atoms with Crippen LogP contribution >= 0.6 is 7.82 Å². The van der Waals surface area contributed by atoms with Gasteiger partial charge in [-0.25, -0.2) is 14.5 Å². The standard InChI is InChI=1S/C11H15N4O8P/c1-21-24(19,20)22-2-5-7(16)8(17)11(23-5)15-4-14-6-9(15)12-3-13-10(6)18/h3-5,7-8,11,16-17H,2H2,1H3,(H,19,20)(H,12,13,18)/t5-,7-,8-,11?/m1/s1. The molecule has 0 aromatic carbocycles. The smallest absolute Gasteiger partial charge is 0.387 e. The maximum atomic E-state index is 11.6. The molecule has 13 heteroatoms. The summed E-state index contributed by atoms with van der Waals surface area (Å²) in [6.45, 7) is -0.489. The number of rotatable bonds is 5. The van der Waals surface area contributed by atoms with E-state index in [4.69, 9.17) is 4.74 Å². The molecule has 12 nitrogen and oxygen atoms in total. The molecule has 1 fully saturated rings. The number of aliphatic hydroxyl groups is 2.